The van der Waals surface area contributed by atoms with Crippen LogP contribution in [0.1, 0.15) is 37.6 Å². The lowest BCUT2D eigenvalue weighted by Crippen LogP contribution is -2.41. The predicted molar refractivity (Wildman–Crippen MR) is 108 cm³/mol. The molecule has 0 spiro atoms. The average Bonchev–Trinajstić information content (AvgIpc) is 3.00. The summed E-state index contributed by atoms with van der Waals surface area (Å²) in [5.41, 5.74) is 9.52. The van der Waals surface area contributed by atoms with E-state index in [4.69, 9.17) is 5.73 Å². The molecular formula is C19H24N6OS. The fourth-order valence-corrected chi connectivity index (χ4v) is 3.55. The van der Waals surface area contributed by atoms with Gasteiger partial charge in [-0.3, -0.25) is 4.79 Å². The molecule has 3 aromatic rings. The number of fused-ring (bicyclic) bond motifs is 1. The molecule has 3 N–H and O–H groups in total. The Morgan fingerprint density at radius 1 is 1.22 bits per heavy atom. The van der Waals surface area contributed by atoms with Gasteiger partial charge in [0.1, 0.15) is 0 Å². The van der Waals surface area contributed by atoms with E-state index in [1.165, 1.54) is 11.8 Å². The Morgan fingerprint density at radius 3 is 2.59 bits per heavy atom. The van der Waals surface area contributed by atoms with Crippen LogP contribution in [0, 0.1) is 6.92 Å². The summed E-state index contributed by atoms with van der Waals surface area (Å²) in [5.74, 6) is 0.495. The molecule has 0 unspecified atom stereocenters. The third-order valence-electron chi connectivity index (χ3n) is 3.92. The molecule has 0 aliphatic carbocycles. The first-order chi connectivity index (χ1) is 12.7. The van der Waals surface area contributed by atoms with Crippen LogP contribution in [-0.4, -0.2) is 36.8 Å². The summed E-state index contributed by atoms with van der Waals surface area (Å²) < 4.78 is 1.72. The van der Waals surface area contributed by atoms with Gasteiger partial charge in [-0.05, 0) is 33.3 Å². The third kappa shape index (κ3) is 4.57. The molecule has 0 aliphatic rings. The van der Waals surface area contributed by atoms with Crippen molar-refractivity contribution in [2.24, 2.45) is 0 Å². The molecule has 2 heterocycles. The van der Waals surface area contributed by atoms with Crippen LogP contribution in [0.2, 0.25) is 0 Å². The van der Waals surface area contributed by atoms with Crippen LogP contribution in [0.3, 0.4) is 0 Å². The molecule has 2 aromatic heterocycles. The summed E-state index contributed by atoms with van der Waals surface area (Å²) in [7, 11) is 0. The number of nitrogen functional groups attached to an aromatic ring is 1. The third-order valence-corrected chi connectivity index (χ3v) is 4.85. The zero-order valence-electron chi connectivity index (χ0n) is 16.0. The molecule has 3 rings (SSSR count). The monoisotopic (exact) mass is 384 g/mol. The van der Waals surface area contributed by atoms with Crippen molar-refractivity contribution in [2.75, 3.05) is 11.5 Å². The molecule has 1 aromatic carbocycles. The number of thioether (sulfide) groups is 1. The summed E-state index contributed by atoms with van der Waals surface area (Å²) in [5, 5.41) is 12.1. The molecule has 0 aliphatic heterocycles. The van der Waals surface area contributed by atoms with E-state index in [0.29, 0.717) is 23.2 Å². The van der Waals surface area contributed by atoms with Gasteiger partial charge in [0.25, 0.3) is 0 Å². The van der Waals surface area contributed by atoms with E-state index in [0.717, 1.165) is 16.8 Å². The fraction of sp³-hybridized carbons (Fsp3) is 0.368. The second-order valence-electron chi connectivity index (χ2n) is 7.42. The number of rotatable bonds is 5. The fourth-order valence-electron chi connectivity index (χ4n) is 2.81. The summed E-state index contributed by atoms with van der Waals surface area (Å²) in [4.78, 5) is 16.6. The van der Waals surface area contributed by atoms with Crippen LogP contribution < -0.4 is 11.1 Å². The summed E-state index contributed by atoms with van der Waals surface area (Å²) >= 11 is 1.30. The topological polar surface area (TPSA) is 98.2 Å². The second kappa shape index (κ2) is 7.56. The molecule has 1 amide bonds. The number of benzene rings is 1. The van der Waals surface area contributed by atoms with Crippen molar-refractivity contribution in [3.8, 4) is 0 Å². The molecule has 0 radical (unpaired) electrons. The zero-order valence-corrected chi connectivity index (χ0v) is 16.8. The van der Waals surface area contributed by atoms with Gasteiger partial charge in [-0.2, -0.15) is 0 Å². The SMILES string of the molecule is Cc1nc(N)n2c(SCC(=O)NC(C)(C)C)nnc2c1Cc1ccccc1. The van der Waals surface area contributed by atoms with Crippen LogP contribution >= 0.6 is 11.8 Å². The molecule has 0 bridgehead atoms. The van der Waals surface area contributed by atoms with E-state index in [1.807, 2.05) is 45.9 Å². The van der Waals surface area contributed by atoms with Gasteiger partial charge in [0, 0.05) is 23.2 Å². The smallest absolute Gasteiger partial charge is 0.230 e. The quantitative estimate of drug-likeness (QED) is 0.656. The summed E-state index contributed by atoms with van der Waals surface area (Å²) in [6.45, 7) is 7.76. The van der Waals surface area contributed by atoms with Crippen LogP contribution in [0.15, 0.2) is 35.5 Å². The van der Waals surface area contributed by atoms with Gasteiger partial charge < -0.3 is 11.1 Å². The van der Waals surface area contributed by atoms with Gasteiger partial charge in [-0.15, -0.1) is 10.2 Å². The van der Waals surface area contributed by atoms with Gasteiger partial charge in [0.2, 0.25) is 11.9 Å². The standard InChI is InChI=1S/C19H24N6OS/c1-12-14(10-13-8-6-5-7-9-13)16-23-24-18(25(16)17(20)21-12)27-11-15(26)22-19(2,3)4/h5-9H,10-11H2,1-4H3,(H2,20,21)(H,22,26). The molecule has 7 nitrogen and oxygen atoms in total. The molecule has 142 valence electrons. The van der Waals surface area contributed by atoms with Crippen LogP contribution in [0.4, 0.5) is 5.95 Å². The number of amides is 1. The number of nitrogens with one attached hydrogen (secondary N) is 1. The highest BCUT2D eigenvalue weighted by atomic mass is 32.2. The number of aromatic nitrogens is 4. The maximum Gasteiger partial charge on any atom is 0.230 e. The lowest BCUT2D eigenvalue weighted by atomic mass is 10.0. The van der Waals surface area contributed by atoms with Crippen molar-refractivity contribution in [1.29, 1.82) is 0 Å². The number of nitrogens with two attached hydrogens (primary N) is 1. The second-order valence-corrected chi connectivity index (χ2v) is 8.37. The van der Waals surface area contributed by atoms with Crippen LogP contribution in [0.25, 0.3) is 5.65 Å². The first-order valence-corrected chi connectivity index (χ1v) is 9.71. The van der Waals surface area contributed by atoms with E-state index < -0.39 is 0 Å². The number of hydrogen-bond acceptors (Lipinski definition) is 6. The van der Waals surface area contributed by atoms with E-state index in [1.54, 1.807) is 4.40 Å². The Bertz CT molecular complexity index is 962. The Hall–Kier alpha value is -2.61. The number of hydrogen-bond donors (Lipinski definition) is 2. The maximum atomic E-state index is 12.1. The highest BCUT2D eigenvalue weighted by Crippen LogP contribution is 2.25. The largest absolute Gasteiger partial charge is 0.369 e. The summed E-state index contributed by atoms with van der Waals surface area (Å²) in [6, 6.07) is 10.1. The number of carbonyl (C=O) groups is 1. The Kier molecular flexibility index (Phi) is 5.36. The Morgan fingerprint density at radius 2 is 1.93 bits per heavy atom. The van der Waals surface area contributed by atoms with Crippen molar-refractivity contribution >= 4 is 29.3 Å². The number of carbonyl (C=O) groups excluding carboxylic acids is 1. The van der Waals surface area contributed by atoms with Crippen molar-refractivity contribution in [2.45, 2.75) is 44.8 Å². The predicted octanol–water partition coefficient (Wildman–Crippen LogP) is 2.61. The van der Waals surface area contributed by atoms with E-state index in [-0.39, 0.29) is 17.2 Å². The molecule has 0 fully saturated rings. The van der Waals surface area contributed by atoms with Gasteiger partial charge in [-0.25, -0.2) is 9.38 Å². The zero-order chi connectivity index (χ0) is 19.6. The minimum Gasteiger partial charge on any atom is -0.369 e. The van der Waals surface area contributed by atoms with Gasteiger partial charge >= 0.3 is 0 Å². The molecule has 0 saturated heterocycles. The molecule has 0 saturated carbocycles. The van der Waals surface area contributed by atoms with Gasteiger partial charge in [0.05, 0.1) is 5.75 Å². The minimum atomic E-state index is -0.273. The normalized spacial score (nSPS) is 11.7. The number of anilines is 1. The molecular weight excluding hydrogens is 360 g/mol. The first-order valence-electron chi connectivity index (χ1n) is 8.72. The van der Waals surface area contributed by atoms with Crippen LogP contribution in [-0.2, 0) is 11.2 Å². The maximum absolute atomic E-state index is 12.1. The molecule has 27 heavy (non-hydrogen) atoms. The average molecular weight is 385 g/mol. The van der Waals surface area contributed by atoms with Crippen molar-refractivity contribution in [1.82, 2.24) is 24.9 Å². The first kappa shape index (κ1) is 19.2. The molecule has 0 atom stereocenters. The highest BCUT2D eigenvalue weighted by molar-refractivity contribution is 7.99. The number of nitrogens with zero attached hydrogens (tertiary/aromatic N) is 4. The van der Waals surface area contributed by atoms with Crippen molar-refractivity contribution in [3.05, 3.63) is 47.2 Å². The van der Waals surface area contributed by atoms with E-state index in [2.05, 4.69) is 32.6 Å². The minimum absolute atomic E-state index is 0.0626. The highest BCUT2D eigenvalue weighted by Gasteiger charge is 2.19. The van der Waals surface area contributed by atoms with Crippen LogP contribution in [0.5, 0.6) is 0 Å². The van der Waals surface area contributed by atoms with Crippen molar-refractivity contribution in [3.63, 3.8) is 0 Å². The Labute approximate surface area is 162 Å². The van der Waals surface area contributed by atoms with E-state index in [9.17, 15) is 4.79 Å². The van der Waals surface area contributed by atoms with E-state index >= 15 is 0 Å². The number of aryl methyl sites for hydroxylation is 1. The van der Waals surface area contributed by atoms with Crippen molar-refractivity contribution < 1.29 is 4.79 Å². The van der Waals surface area contributed by atoms with Gasteiger partial charge in [-0.1, -0.05) is 42.1 Å². The lowest BCUT2D eigenvalue weighted by molar-refractivity contribution is -0.119. The lowest BCUT2D eigenvalue weighted by Gasteiger charge is -2.20. The Balaban J connectivity index is 1.89. The molecule has 8 heteroatoms. The van der Waals surface area contributed by atoms with Gasteiger partial charge in [0.15, 0.2) is 10.8 Å². The summed E-state index contributed by atoms with van der Waals surface area (Å²) in [6.07, 6.45) is 0.691.